The van der Waals surface area contributed by atoms with Crippen molar-refractivity contribution in [2.24, 2.45) is 5.41 Å². The van der Waals surface area contributed by atoms with E-state index in [1.54, 1.807) is 0 Å². The molecule has 0 atom stereocenters. The number of carbonyl (C=O) groups excluding carboxylic acids is 1. The minimum Gasteiger partial charge on any atom is -0.490 e. The Morgan fingerprint density at radius 3 is 2.47 bits per heavy atom. The lowest BCUT2D eigenvalue weighted by molar-refractivity contribution is -0.163. The zero-order chi connectivity index (χ0) is 12.5. The predicted octanol–water partition coefficient (Wildman–Crippen LogP) is 3.17. The molecule has 17 heavy (non-hydrogen) atoms. The van der Waals surface area contributed by atoms with E-state index in [1.165, 1.54) is 7.11 Å². The van der Waals surface area contributed by atoms with Gasteiger partial charge < -0.3 is 9.47 Å². The van der Waals surface area contributed by atoms with Gasteiger partial charge in [0.2, 0.25) is 0 Å². The molecule has 0 aromatic heterocycles. The van der Waals surface area contributed by atoms with Crippen LogP contribution in [0, 0.1) is 5.41 Å². The Morgan fingerprint density at radius 2 is 1.94 bits per heavy atom. The minimum atomic E-state index is -0.366. The number of halogens is 1. The number of carbonyl (C=O) groups is 1. The second kappa shape index (κ2) is 4.69. The van der Waals surface area contributed by atoms with Crippen molar-refractivity contribution in [2.45, 2.75) is 25.9 Å². The van der Waals surface area contributed by atoms with E-state index in [9.17, 15) is 4.79 Å². The van der Waals surface area contributed by atoms with Gasteiger partial charge in [-0.25, -0.2) is 0 Å². The van der Waals surface area contributed by atoms with Gasteiger partial charge in [0, 0.05) is 17.3 Å². The van der Waals surface area contributed by atoms with Crippen molar-refractivity contribution < 1.29 is 14.3 Å². The summed E-state index contributed by atoms with van der Waals surface area (Å²) >= 11 is 3.37. The van der Waals surface area contributed by atoms with Gasteiger partial charge in [0.05, 0.1) is 12.5 Å². The zero-order valence-corrected chi connectivity index (χ0v) is 11.5. The van der Waals surface area contributed by atoms with Crippen molar-refractivity contribution in [3.8, 4) is 5.75 Å². The first-order chi connectivity index (χ1) is 8.03. The molecule has 0 spiro atoms. The normalized spacial score (nSPS) is 27.1. The minimum absolute atomic E-state index is 0.111. The monoisotopic (exact) mass is 298 g/mol. The molecule has 1 aromatic carbocycles. The van der Waals surface area contributed by atoms with Crippen molar-refractivity contribution in [3.05, 3.63) is 28.7 Å². The Labute approximate surface area is 109 Å². The molecule has 0 saturated heterocycles. The molecule has 0 unspecified atom stereocenters. The largest absolute Gasteiger partial charge is 0.490 e. The summed E-state index contributed by atoms with van der Waals surface area (Å²) < 4.78 is 11.6. The highest BCUT2D eigenvalue weighted by atomic mass is 79.9. The molecule has 0 aliphatic heterocycles. The van der Waals surface area contributed by atoms with Crippen LogP contribution in [0.25, 0.3) is 0 Å². The summed E-state index contributed by atoms with van der Waals surface area (Å²) in [6, 6.07) is 7.71. The summed E-state index contributed by atoms with van der Waals surface area (Å²) in [6.07, 6.45) is 1.55. The van der Waals surface area contributed by atoms with Crippen LogP contribution in [0.15, 0.2) is 28.7 Å². The second-order valence-electron chi connectivity index (χ2n) is 4.65. The molecule has 2 rings (SSSR count). The molecule has 1 saturated carbocycles. The van der Waals surface area contributed by atoms with Crippen LogP contribution in [0.1, 0.15) is 19.8 Å². The van der Waals surface area contributed by atoms with Gasteiger partial charge in [-0.15, -0.1) is 0 Å². The summed E-state index contributed by atoms with van der Waals surface area (Å²) in [5.74, 6) is 0.693. The summed E-state index contributed by atoms with van der Waals surface area (Å²) in [4.78, 5) is 11.5. The lowest BCUT2D eigenvalue weighted by Gasteiger charge is -2.42. The molecular weight excluding hydrogens is 284 g/mol. The fraction of sp³-hybridized carbons (Fsp3) is 0.462. The van der Waals surface area contributed by atoms with Crippen LogP contribution in [-0.2, 0) is 9.53 Å². The molecule has 0 heterocycles. The van der Waals surface area contributed by atoms with Crippen molar-refractivity contribution in [3.63, 3.8) is 0 Å². The Balaban J connectivity index is 1.89. The number of esters is 1. The number of hydrogen-bond donors (Lipinski definition) is 0. The third-order valence-electron chi connectivity index (χ3n) is 3.15. The van der Waals surface area contributed by atoms with Gasteiger partial charge in [0.1, 0.15) is 11.9 Å². The fourth-order valence-corrected chi connectivity index (χ4v) is 2.41. The van der Waals surface area contributed by atoms with Crippen molar-refractivity contribution in [2.75, 3.05) is 7.11 Å². The average molecular weight is 299 g/mol. The second-order valence-corrected chi connectivity index (χ2v) is 5.57. The van der Waals surface area contributed by atoms with E-state index in [0.29, 0.717) is 0 Å². The van der Waals surface area contributed by atoms with E-state index in [-0.39, 0.29) is 17.5 Å². The lowest BCUT2D eigenvalue weighted by Crippen LogP contribution is -2.47. The van der Waals surface area contributed by atoms with Gasteiger partial charge in [-0.3, -0.25) is 4.79 Å². The molecule has 4 heteroatoms. The van der Waals surface area contributed by atoms with Gasteiger partial charge in [0.25, 0.3) is 0 Å². The van der Waals surface area contributed by atoms with E-state index in [0.717, 1.165) is 23.1 Å². The van der Waals surface area contributed by atoms with Crippen LogP contribution in [0.2, 0.25) is 0 Å². The molecule has 0 radical (unpaired) electrons. The van der Waals surface area contributed by atoms with E-state index < -0.39 is 0 Å². The van der Waals surface area contributed by atoms with Crippen LogP contribution in [-0.4, -0.2) is 19.2 Å². The van der Waals surface area contributed by atoms with Crippen LogP contribution < -0.4 is 4.74 Å². The third-order valence-corrected chi connectivity index (χ3v) is 3.68. The molecule has 0 amide bonds. The molecule has 1 aromatic rings. The molecular formula is C13H15BrO3. The highest BCUT2D eigenvalue weighted by molar-refractivity contribution is 9.10. The van der Waals surface area contributed by atoms with Crippen LogP contribution in [0.3, 0.4) is 0 Å². The van der Waals surface area contributed by atoms with E-state index in [1.807, 2.05) is 31.2 Å². The van der Waals surface area contributed by atoms with E-state index >= 15 is 0 Å². The van der Waals surface area contributed by atoms with Gasteiger partial charge >= 0.3 is 5.97 Å². The van der Waals surface area contributed by atoms with Gasteiger partial charge in [-0.05, 0) is 31.2 Å². The first kappa shape index (κ1) is 12.4. The number of hydrogen-bond acceptors (Lipinski definition) is 3. The molecule has 0 bridgehead atoms. The first-order valence-corrected chi connectivity index (χ1v) is 6.33. The molecule has 1 fully saturated rings. The summed E-state index contributed by atoms with van der Waals surface area (Å²) in [5, 5.41) is 0. The van der Waals surface area contributed by atoms with Crippen molar-refractivity contribution >= 4 is 21.9 Å². The standard InChI is InChI=1S/C13H15BrO3/c1-13(12(15)16-2)7-11(8-13)17-10-5-3-9(14)4-6-10/h3-6,11H,7-8H2,1-2H3. The number of methoxy groups -OCH3 is 1. The highest BCUT2D eigenvalue weighted by Crippen LogP contribution is 2.43. The Kier molecular flexibility index (Phi) is 3.43. The maximum absolute atomic E-state index is 11.5. The molecule has 3 nitrogen and oxygen atoms in total. The van der Waals surface area contributed by atoms with E-state index in [4.69, 9.17) is 9.47 Å². The maximum atomic E-state index is 11.5. The van der Waals surface area contributed by atoms with Crippen molar-refractivity contribution in [1.29, 1.82) is 0 Å². The van der Waals surface area contributed by atoms with Crippen LogP contribution in [0.4, 0.5) is 0 Å². The molecule has 0 N–H and O–H groups in total. The number of benzene rings is 1. The van der Waals surface area contributed by atoms with Gasteiger partial charge in [-0.1, -0.05) is 15.9 Å². The summed E-state index contributed by atoms with van der Waals surface area (Å²) in [6.45, 7) is 1.92. The molecule has 1 aliphatic carbocycles. The number of rotatable bonds is 3. The average Bonchev–Trinajstić information content (AvgIpc) is 2.28. The third kappa shape index (κ3) is 2.63. The quantitative estimate of drug-likeness (QED) is 0.804. The Hall–Kier alpha value is -1.03. The summed E-state index contributed by atoms with van der Waals surface area (Å²) in [5.41, 5.74) is -0.366. The topological polar surface area (TPSA) is 35.5 Å². The Bertz CT molecular complexity index is 407. The molecule has 92 valence electrons. The lowest BCUT2D eigenvalue weighted by atomic mass is 9.68. The van der Waals surface area contributed by atoms with Crippen molar-refractivity contribution in [1.82, 2.24) is 0 Å². The fourth-order valence-electron chi connectivity index (χ4n) is 2.15. The van der Waals surface area contributed by atoms with Gasteiger partial charge in [0.15, 0.2) is 0 Å². The SMILES string of the molecule is COC(=O)C1(C)CC(Oc2ccc(Br)cc2)C1. The first-order valence-electron chi connectivity index (χ1n) is 5.54. The highest BCUT2D eigenvalue weighted by Gasteiger charge is 2.48. The van der Waals surface area contributed by atoms with Gasteiger partial charge in [-0.2, -0.15) is 0 Å². The molecule has 1 aliphatic rings. The Morgan fingerprint density at radius 1 is 1.35 bits per heavy atom. The smallest absolute Gasteiger partial charge is 0.311 e. The summed E-state index contributed by atoms with van der Waals surface area (Å²) in [7, 11) is 1.43. The van der Waals surface area contributed by atoms with E-state index in [2.05, 4.69) is 15.9 Å². The zero-order valence-electron chi connectivity index (χ0n) is 9.90. The maximum Gasteiger partial charge on any atom is 0.311 e. The number of ether oxygens (including phenoxy) is 2. The van der Waals surface area contributed by atoms with Crippen LogP contribution in [0.5, 0.6) is 5.75 Å². The van der Waals surface area contributed by atoms with Crippen LogP contribution >= 0.6 is 15.9 Å². The predicted molar refractivity (Wildman–Crippen MR) is 67.9 cm³/mol.